The fourth-order valence-electron chi connectivity index (χ4n) is 8.51. The maximum Gasteiger partial charge on any atom is 0.230 e. The van der Waals surface area contributed by atoms with Gasteiger partial charge in [0.2, 0.25) is 11.9 Å². The van der Waals surface area contributed by atoms with Crippen LogP contribution in [0.25, 0.3) is 0 Å². The summed E-state index contributed by atoms with van der Waals surface area (Å²) in [5, 5.41) is 11.4. The van der Waals surface area contributed by atoms with Gasteiger partial charge >= 0.3 is 0 Å². The SMILES string of the molecule is Cc1nc(NC(C)(C)CC(C)(C)C)nc(N(CCCN(C)C2CC(C)(C)NC(C)(C)C2)C2CC(C)(C)NC(C)(C)C2)n1. The van der Waals surface area contributed by atoms with Crippen LogP contribution in [-0.2, 0) is 0 Å². The number of aryl methyl sites for hydroxylation is 1. The first-order valence-corrected chi connectivity index (χ1v) is 16.4. The van der Waals surface area contributed by atoms with E-state index >= 15 is 0 Å². The van der Waals surface area contributed by atoms with Crippen LogP contribution in [0.2, 0.25) is 0 Å². The first kappa shape index (κ1) is 35.0. The van der Waals surface area contributed by atoms with Crippen molar-refractivity contribution in [1.29, 1.82) is 0 Å². The van der Waals surface area contributed by atoms with E-state index in [2.05, 4.69) is 123 Å². The molecule has 2 fully saturated rings. The normalized spacial score (nSPS) is 22.8. The molecule has 0 spiro atoms. The first-order chi connectivity index (χ1) is 18.9. The third-order valence-electron chi connectivity index (χ3n) is 8.73. The molecule has 8 nitrogen and oxygen atoms in total. The molecule has 0 radical (unpaired) electrons. The van der Waals surface area contributed by atoms with E-state index in [1.165, 1.54) is 12.8 Å². The van der Waals surface area contributed by atoms with E-state index < -0.39 is 0 Å². The van der Waals surface area contributed by atoms with Crippen molar-refractivity contribution < 1.29 is 0 Å². The van der Waals surface area contributed by atoms with Gasteiger partial charge in [-0.25, -0.2) is 0 Å². The molecule has 0 bridgehead atoms. The number of anilines is 2. The molecule has 0 unspecified atom stereocenters. The lowest BCUT2D eigenvalue weighted by atomic mass is 9.79. The molecule has 8 heteroatoms. The Bertz CT molecular complexity index is 1020. The zero-order valence-electron chi connectivity index (χ0n) is 30.0. The van der Waals surface area contributed by atoms with E-state index in [1.807, 2.05) is 6.92 Å². The predicted octanol–water partition coefficient (Wildman–Crippen LogP) is 6.55. The van der Waals surface area contributed by atoms with E-state index in [0.717, 1.165) is 50.5 Å². The number of hydrogen-bond acceptors (Lipinski definition) is 8. The summed E-state index contributed by atoms with van der Waals surface area (Å²) in [5.41, 5.74) is 0.421. The van der Waals surface area contributed by atoms with Gasteiger partial charge in [-0.1, -0.05) is 20.8 Å². The summed E-state index contributed by atoms with van der Waals surface area (Å²) < 4.78 is 0. The summed E-state index contributed by atoms with van der Waals surface area (Å²) in [7, 11) is 2.32. The molecule has 0 amide bonds. The molecule has 0 aliphatic carbocycles. The topological polar surface area (TPSA) is 81.2 Å². The van der Waals surface area contributed by atoms with E-state index in [-0.39, 0.29) is 33.1 Å². The summed E-state index contributed by atoms with van der Waals surface area (Å²) >= 11 is 0. The molecule has 3 N–H and O–H groups in total. The molecule has 2 aliphatic heterocycles. The largest absolute Gasteiger partial charge is 0.349 e. The van der Waals surface area contributed by atoms with Crippen molar-refractivity contribution >= 4 is 11.9 Å². The van der Waals surface area contributed by atoms with E-state index in [1.54, 1.807) is 0 Å². The van der Waals surface area contributed by atoms with Crippen molar-refractivity contribution in [1.82, 2.24) is 30.5 Å². The fourth-order valence-corrected chi connectivity index (χ4v) is 8.51. The van der Waals surface area contributed by atoms with E-state index in [9.17, 15) is 0 Å². The Kier molecular flexibility index (Phi) is 10.1. The van der Waals surface area contributed by atoms with Crippen LogP contribution < -0.4 is 20.9 Å². The second kappa shape index (κ2) is 12.1. The monoisotopic (exact) mass is 587 g/mol. The fraction of sp³-hybridized carbons (Fsp3) is 0.912. The molecule has 1 aromatic rings. The summed E-state index contributed by atoms with van der Waals surface area (Å²) in [5.74, 6) is 2.25. The van der Waals surface area contributed by atoms with Crippen molar-refractivity contribution in [2.75, 3.05) is 30.4 Å². The standard InChI is InChI=1S/C34H66N8/c1-24-35-27(38-34(13,14)23-29(2,3)4)37-28(36-24)42(26-21-32(9,10)40-33(11,12)22-26)18-16-17-41(15)25-19-30(5,6)39-31(7,8)20-25/h25-26,39-40H,16-23H2,1-15H3,(H,35,36,37,38). The van der Waals surface area contributed by atoms with Crippen LogP contribution in [0.4, 0.5) is 11.9 Å². The highest BCUT2D eigenvalue weighted by Crippen LogP contribution is 2.35. The van der Waals surface area contributed by atoms with Gasteiger partial charge in [0.25, 0.3) is 0 Å². The molecule has 42 heavy (non-hydrogen) atoms. The molecule has 0 saturated carbocycles. The van der Waals surface area contributed by atoms with Gasteiger partial charge in [-0.2, -0.15) is 15.0 Å². The quantitative estimate of drug-likeness (QED) is 0.285. The number of piperidine rings is 2. The van der Waals surface area contributed by atoms with Crippen LogP contribution in [0.5, 0.6) is 0 Å². The lowest BCUT2D eigenvalue weighted by molar-refractivity contribution is 0.0809. The Balaban J connectivity index is 1.85. The van der Waals surface area contributed by atoms with E-state index in [0.29, 0.717) is 18.0 Å². The zero-order chi connectivity index (χ0) is 31.9. The van der Waals surface area contributed by atoms with Gasteiger partial charge in [0.15, 0.2) is 0 Å². The Hall–Kier alpha value is -1.51. The zero-order valence-corrected chi connectivity index (χ0v) is 30.0. The molecule has 3 rings (SSSR count). The maximum absolute atomic E-state index is 5.10. The highest BCUT2D eigenvalue weighted by Gasteiger charge is 2.42. The van der Waals surface area contributed by atoms with Gasteiger partial charge in [0.1, 0.15) is 5.82 Å². The minimum atomic E-state index is -0.133. The summed E-state index contributed by atoms with van der Waals surface area (Å²) in [6.07, 6.45) is 6.50. The molecule has 2 aliphatic rings. The number of rotatable bonds is 10. The number of hydrogen-bond donors (Lipinski definition) is 3. The van der Waals surface area contributed by atoms with Crippen LogP contribution in [0.15, 0.2) is 0 Å². The van der Waals surface area contributed by atoms with Crippen molar-refractivity contribution in [3.05, 3.63) is 5.82 Å². The molecular formula is C34H66N8. The van der Waals surface area contributed by atoms with Crippen LogP contribution in [0.1, 0.15) is 134 Å². The molecule has 3 heterocycles. The van der Waals surface area contributed by atoms with Crippen LogP contribution in [-0.4, -0.2) is 79.8 Å². The van der Waals surface area contributed by atoms with E-state index in [4.69, 9.17) is 15.0 Å². The molecule has 0 aromatic carbocycles. The lowest BCUT2D eigenvalue weighted by Crippen LogP contribution is -2.62. The van der Waals surface area contributed by atoms with Gasteiger partial charge in [-0.15, -0.1) is 0 Å². The molecule has 242 valence electrons. The van der Waals surface area contributed by atoms with Crippen molar-refractivity contribution in [2.45, 2.75) is 175 Å². The van der Waals surface area contributed by atoms with Crippen molar-refractivity contribution in [3.8, 4) is 0 Å². The van der Waals surface area contributed by atoms with Gasteiger partial charge < -0.3 is 25.8 Å². The molecular weight excluding hydrogens is 520 g/mol. The Labute approximate surface area is 259 Å². The second-order valence-corrected chi connectivity index (χ2v) is 18.2. The Morgan fingerprint density at radius 2 is 1.21 bits per heavy atom. The van der Waals surface area contributed by atoms with Gasteiger partial charge in [-0.05, 0) is 134 Å². The summed E-state index contributed by atoms with van der Waals surface area (Å²) in [6.45, 7) is 34.0. The highest BCUT2D eigenvalue weighted by molar-refractivity contribution is 5.40. The second-order valence-electron chi connectivity index (χ2n) is 18.2. The predicted molar refractivity (Wildman–Crippen MR) is 180 cm³/mol. The van der Waals surface area contributed by atoms with Gasteiger partial charge in [0, 0.05) is 46.3 Å². The molecule has 1 aromatic heterocycles. The minimum Gasteiger partial charge on any atom is -0.349 e. The van der Waals surface area contributed by atoms with Crippen LogP contribution >= 0.6 is 0 Å². The average Bonchev–Trinajstić information content (AvgIpc) is 2.69. The third-order valence-corrected chi connectivity index (χ3v) is 8.73. The Morgan fingerprint density at radius 1 is 0.738 bits per heavy atom. The number of nitrogens with one attached hydrogen (secondary N) is 3. The summed E-state index contributed by atoms with van der Waals surface area (Å²) in [4.78, 5) is 19.9. The Morgan fingerprint density at radius 3 is 1.69 bits per heavy atom. The highest BCUT2D eigenvalue weighted by atomic mass is 15.3. The molecule has 2 saturated heterocycles. The van der Waals surface area contributed by atoms with Gasteiger partial charge in [0.05, 0.1) is 0 Å². The summed E-state index contributed by atoms with van der Waals surface area (Å²) in [6, 6.07) is 0.914. The van der Waals surface area contributed by atoms with Crippen molar-refractivity contribution in [2.24, 2.45) is 5.41 Å². The smallest absolute Gasteiger partial charge is 0.230 e. The molecule has 0 atom stereocenters. The first-order valence-electron chi connectivity index (χ1n) is 16.4. The number of nitrogens with zero attached hydrogens (tertiary/aromatic N) is 5. The minimum absolute atomic E-state index is 0.0333. The van der Waals surface area contributed by atoms with Crippen molar-refractivity contribution in [3.63, 3.8) is 0 Å². The third kappa shape index (κ3) is 10.6. The van der Waals surface area contributed by atoms with Crippen LogP contribution in [0.3, 0.4) is 0 Å². The lowest BCUT2D eigenvalue weighted by Gasteiger charge is -2.50. The van der Waals surface area contributed by atoms with Crippen LogP contribution in [0, 0.1) is 12.3 Å². The number of aromatic nitrogens is 3. The average molecular weight is 587 g/mol. The maximum atomic E-state index is 5.10. The van der Waals surface area contributed by atoms with Gasteiger partial charge in [-0.3, -0.25) is 0 Å².